The van der Waals surface area contributed by atoms with E-state index >= 15 is 0 Å². The van der Waals surface area contributed by atoms with E-state index in [9.17, 15) is 22.4 Å². The number of pyridine rings is 1. The first-order chi connectivity index (χ1) is 15.6. The van der Waals surface area contributed by atoms with E-state index in [1.165, 1.54) is 30.5 Å². The fourth-order valence-corrected chi connectivity index (χ4v) is 3.11. The Balaban J connectivity index is 0.00000122. The Kier molecular flexibility index (Phi) is 8.46. The molecule has 12 heteroatoms. The van der Waals surface area contributed by atoms with Crippen LogP contribution in [0.3, 0.4) is 0 Å². The first-order valence-electron chi connectivity index (χ1n) is 9.42. The van der Waals surface area contributed by atoms with Gasteiger partial charge in [-0.05, 0) is 36.8 Å². The zero-order chi connectivity index (χ0) is 24.6. The minimum absolute atomic E-state index is 0.0637. The lowest BCUT2D eigenvalue weighted by molar-refractivity contribution is -0.122. The van der Waals surface area contributed by atoms with Crippen molar-refractivity contribution in [2.75, 3.05) is 20.1 Å². The van der Waals surface area contributed by atoms with Crippen molar-refractivity contribution >= 4 is 18.1 Å². The highest BCUT2D eigenvalue weighted by Crippen LogP contribution is 2.43. The molecule has 0 amide bonds. The van der Waals surface area contributed by atoms with Crippen LogP contribution in [-0.4, -0.2) is 54.2 Å². The quantitative estimate of drug-likeness (QED) is 0.377. The molecule has 0 saturated carbocycles. The number of aliphatic imine (C=N–C) groups is 1. The summed E-state index contributed by atoms with van der Waals surface area (Å²) in [5, 5.41) is 6.89. The van der Waals surface area contributed by atoms with Gasteiger partial charge in [0, 0.05) is 12.0 Å². The molecule has 33 heavy (non-hydrogen) atoms. The zero-order valence-electron chi connectivity index (χ0n) is 17.4. The van der Waals surface area contributed by atoms with E-state index in [1.54, 1.807) is 0 Å². The molecule has 8 nitrogen and oxygen atoms in total. The van der Waals surface area contributed by atoms with Gasteiger partial charge in [0.1, 0.15) is 36.3 Å². The van der Waals surface area contributed by atoms with Gasteiger partial charge in [-0.15, -0.1) is 0 Å². The van der Waals surface area contributed by atoms with Crippen LogP contribution in [0.15, 0.2) is 41.5 Å². The number of carbonyl (C=O) groups excluding carboxylic acids is 1. The smallest absolute Gasteiger partial charge is 0.299 e. The Morgan fingerprint density at radius 2 is 2.03 bits per heavy atom. The molecule has 2 heterocycles. The summed E-state index contributed by atoms with van der Waals surface area (Å²) in [5.74, 6) is -4.92. The van der Waals surface area contributed by atoms with Crippen LogP contribution in [0.4, 0.5) is 17.6 Å². The van der Waals surface area contributed by atoms with Gasteiger partial charge in [0.05, 0.1) is 6.20 Å². The molecule has 0 radical (unpaired) electrons. The largest absolute Gasteiger partial charge is 0.483 e. The molecule has 3 N–H and O–H groups in total. The summed E-state index contributed by atoms with van der Waals surface area (Å²) in [6.07, 6.45) is 0.967. The minimum Gasteiger partial charge on any atom is -0.483 e. The first kappa shape index (κ1) is 25.7. The highest BCUT2D eigenvalue weighted by atomic mass is 19.3. The number of alkyl halides is 3. The van der Waals surface area contributed by atoms with Crippen LogP contribution in [-0.2, 0) is 21.5 Å². The van der Waals surface area contributed by atoms with E-state index in [2.05, 4.69) is 14.7 Å². The highest BCUT2D eigenvalue weighted by Gasteiger charge is 2.54. The Bertz CT molecular complexity index is 1020. The van der Waals surface area contributed by atoms with Crippen LogP contribution < -0.4 is 10.5 Å². The third-order valence-corrected chi connectivity index (χ3v) is 4.78. The van der Waals surface area contributed by atoms with Crippen molar-refractivity contribution in [2.24, 2.45) is 10.7 Å². The number of carbonyl (C=O) groups is 2. The molecule has 178 valence electrons. The number of ketones is 1. The lowest BCUT2D eigenvalue weighted by atomic mass is 9.84. The second-order valence-corrected chi connectivity index (χ2v) is 7.02. The summed E-state index contributed by atoms with van der Waals surface area (Å²) >= 11 is 0. The fourth-order valence-electron chi connectivity index (χ4n) is 3.11. The summed E-state index contributed by atoms with van der Waals surface area (Å²) in [6, 6.07) is 6.21. The van der Waals surface area contributed by atoms with Gasteiger partial charge in [-0.2, -0.15) is 0 Å². The summed E-state index contributed by atoms with van der Waals surface area (Å²) in [4.78, 5) is 28.6. The number of halogens is 4. The second-order valence-electron chi connectivity index (χ2n) is 7.02. The van der Waals surface area contributed by atoms with Gasteiger partial charge in [-0.3, -0.25) is 14.6 Å². The molecule has 1 aromatic carbocycles. The highest BCUT2D eigenvalue weighted by molar-refractivity contribution is 5.95. The van der Waals surface area contributed by atoms with Gasteiger partial charge < -0.3 is 20.3 Å². The molecule has 1 aliphatic rings. The Morgan fingerprint density at radius 3 is 2.64 bits per heavy atom. The van der Waals surface area contributed by atoms with Gasteiger partial charge in [-0.1, -0.05) is 6.07 Å². The van der Waals surface area contributed by atoms with Gasteiger partial charge in [0.2, 0.25) is 6.86 Å². The minimum atomic E-state index is -3.54. The fraction of sp³-hybridized carbons (Fsp3) is 0.333. The third kappa shape index (κ3) is 6.04. The molecule has 0 fully saturated rings. The van der Waals surface area contributed by atoms with Gasteiger partial charge in [0.25, 0.3) is 12.4 Å². The van der Waals surface area contributed by atoms with Crippen molar-refractivity contribution in [3.8, 4) is 5.75 Å². The number of carboxylic acid groups (broad SMARTS) is 1. The molecule has 2 aromatic rings. The molecule has 0 saturated heterocycles. The Hall–Kier alpha value is -3.54. The Labute approximate surface area is 186 Å². The van der Waals surface area contributed by atoms with Crippen LogP contribution in [0.25, 0.3) is 0 Å². The van der Waals surface area contributed by atoms with Gasteiger partial charge in [-0.25, -0.2) is 22.5 Å². The van der Waals surface area contributed by atoms with Crippen molar-refractivity contribution in [2.45, 2.75) is 24.8 Å². The first-order valence-corrected chi connectivity index (χ1v) is 9.42. The third-order valence-electron chi connectivity index (χ3n) is 4.78. The summed E-state index contributed by atoms with van der Waals surface area (Å²) in [5.41, 5.74) is 3.27. The molecule has 1 aliphatic heterocycles. The van der Waals surface area contributed by atoms with Crippen molar-refractivity contribution in [1.82, 2.24) is 4.98 Å². The molecule has 1 atom stereocenters. The number of aromatic nitrogens is 1. The molecule has 3 rings (SSSR count). The average molecular weight is 471 g/mol. The molecular formula is C21H21F4N3O5. The van der Waals surface area contributed by atoms with E-state index in [0.29, 0.717) is 5.56 Å². The number of nitrogens with two attached hydrogens (primary N) is 1. The maximum absolute atomic E-state index is 14.7. The predicted molar refractivity (Wildman–Crippen MR) is 109 cm³/mol. The van der Waals surface area contributed by atoms with Crippen LogP contribution in [0, 0.1) is 5.82 Å². The van der Waals surface area contributed by atoms with Crippen LogP contribution >= 0.6 is 0 Å². The number of hydrogen-bond acceptors (Lipinski definition) is 7. The number of Topliss-reactive ketones (excluding diaryl/α,β-unsaturated/α-hetero) is 1. The number of benzene rings is 1. The number of rotatable bonds is 6. The number of ether oxygens (including phenoxy) is 2. The number of hydrogen-bond donors (Lipinski definition) is 2. The van der Waals surface area contributed by atoms with Crippen LogP contribution in [0.1, 0.15) is 28.5 Å². The van der Waals surface area contributed by atoms with Crippen LogP contribution in [0.2, 0.25) is 0 Å². The molecule has 0 unspecified atom stereocenters. The zero-order valence-corrected chi connectivity index (χ0v) is 17.4. The molecular weight excluding hydrogens is 450 g/mol. The number of nitrogens with zero attached hydrogens (tertiary/aromatic N) is 2. The van der Waals surface area contributed by atoms with E-state index < -0.39 is 42.1 Å². The lowest BCUT2D eigenvalue weighted by Crippen LogP contribution is -2.45. The predicted octanol–water partition coefficient (Wildman–Crippen LogP) is 2.89. The maximum Gasteiger partial charge on any atom is 0.299 e. The standard InChI is InChI=1S/C20H19F4N3O3.CH2O2/c1-19(20(23,24)10-29-9-18(25)27-19)14-6-12(2-4-15(14)22)7-17(28)16-5-3-13(8-26-16)30-11-21;2-1-3/h2-6,8H,7,9-11H2,1H3,(H2,25,27);1H,(H,2,3)/t19-;/m1./s1. The SMILES string of the molecule is C[C@]1(c2cc(CC(=O)c3ccc(OCF)cn3)ccc2F)N=C(N)COCC1(F)F.O=CO. The summed E-state index contributed by atoms with van der Waals surface area (Å²) < 4.78 is 65.6. The van der Waals surface area contributed by atoms with Gasteiger partial charge >= 0.3 is 0 Å². The second kappa shape index (κ2) is 10.9. The molecule has 0 spiro atoms. The Morgan fingerprint density at radius 1 is 1.33 bits per heavy atom. The monoisotopic (exact) mass is 471 g/mol. The molecule has 1 aromatic heterocycles. The molecule has 0 bridgehead atoms. The van der Waals surface area contributed by atoms with Crippen molar-refractivity contribution in [1.29, 1.82) is 0 Å². The van der Waals surface area contributed by atoms with Crippen molar-refractivity contribution in [3.05, 3.63) is 59.2 Å². The van der Waals surface area contributed by atoms with Crippen molar-refractivity contribution < 1.29 is 41.7 Å². The van der Waals surface area contributed by atoms with Crippen molar-refractivity contribution in [3.63, 3.8) is 0 Å². The number of amidine groups is 1. The summed E-state index contributed by atoms with van der Waals surface area (Å²) in [7, 11) is 0. The van der Waals surface area contributed by atoms with E-state index in [0.717, 1.165) is 13.0 Å². The van der Waals surface area contributed by atoms with E-state index in [-0.39, 0.29) is 36.8 Å². The van der Waals surface area contributed by atoms with Gasteiger partial charge in [0.15, 0.2) is 11.3 Å². The van der Waals surface area contributed by atoms with Crippen LogP contribution in [0.5, 0.6) is 5.75 Å². The summed E-state index contributed by atoms with van der Waals surface area (Å²) in [6.45, 7) is -1.48. The average Bonchev–Trinajstić information content (AvgIpc) is 2.86. The van der Waals surface area contributed by atoms with E-state index in [1.807, 2.05) is 0 Å². The maximum atomic E-state index is 14.7. The topological polar surface area (TPSA) is 124 Å². The molecule has 0 aliphatic carbocycles. The lowest BCUT2D eigenvalue weighted by Gasteiger charge is -2.33. The normalized spacial score (nSPS) is 19.4. The van der Waals surface area contributed by atoms with E-state index in [4.69, 9.17) is 20.4 Å².